The Bertz CT molecular complexity index is 415. The van der Waals surface area contributed by atoms with Crippen LogP contribution in [0.1, 0.15) is 26.2 Å². The van der Waals surface area contributed by atoms with Gasteiger partial charge in [0.15, 0.2) is 0 Å². The molecule has 104 valence electrons. The molecular formula is C13H20N4O2. The van der Waals surface area contributed by atoms with E-state index in [1.807, 2.05) is 0 Å². The fourth-order valence-electron chi connectivity index (χ4n) is 2.42. The zero-order valence-electron chi connectivity index (χ0n) is 11.2. The quantitative estimate of drug-likeness (QED) is 0.628. The minimum Gasteiger partial charge on any atom is -0.355 e. The lowest BCUT2D eigenvalue weighted by atomic mass is 10.2. The molecule has 6 heteroatoms. The molecule has 6 nitrogen and oxygen atoms in total. The molecule has 0 aromatic carbocycles. The van der Waals surface area contributed by atoms with Crippen LogP contribution in [0.5, 0.6) is 0 Å². The molecule has 1 N–H and O–H groups in total. The lowest BCUT2D eigenvalue weighted by Crippen LogP contribution is -2.38. The number of pyridine rings is 1. The van der Waals surface area contributed by atoms with Crippen molar-refractivity contribution in [1.29, 1.82) is 0 Å². The number of hydrogen-bond donors (Lipinski definition) is 1. The molecule has 1 aliphatic heterocycles. The van der Waals surface area contributed by atoms with E-state index in [0.717, 1.165) is 31.9 Å². The van der Waals surface area contributed by atoms with Gasteiger partial charge in [-0.25, -0.2) is 4.98 Å². The van der Waals surface area contributed by atoms with Crippen molar-refractivity contribution < 1.29 is 4.92 Å². The fraction of sp³-hybridized carbons (Fsp3) is 0.615. The van der Waals surface area contributed by atoms with Gasteiger partial charge in [-0.2, -0.15) is 0 Å². The number of nitro groups is 1. The normalized spacial score (nSPS) is 18.5. The molecule has 0 radical (unpaired) electrons. The number of nitrogens with one attached hydrogen (secondary N) is 1. The van der Waals surface area contributed by atoms with Crippen molar-refractivity contribution in [3.8, 4) is 0 Å². The van der Waals surface area contributed by atoms with Crippen LogP contribution in [-0.4, -0.2) is 35.6 Å². The van der Waals surface area contributed by atoms with Crippen molar-refractivity contribution >= 4 is 11.5 Å². The second kappa shape index (κ2) is 6.47. The highest BCUT2D eigenvalue weighted by Gasteiger charge is 2.19. The van der Waals surface area contributed by atoms with E-state index < -0.39 is 4.92 Å². The van der Waals surface area contributed by atoms with Crippen molar-refractivity contribution in [2.45, 2.75) is 32.2 Å². The molecule has 1 atom stereocenters. The number of anilines is 1. The van der Waals surface area contributed by atoms with Crippen LogP contribution in [0.4, 0.5) is 11.5 Å². The third kappa shape index (κ3) is 3.64. The molecule has 0 aliphatic carbocycles. The number of nitrogens with zero attached hydrogens (tertiary/aromatic N) is 3. The standard InChI is InChI=1S/C13H20N4O2/c1-2-8-16(10-11-4-3-7-14-11)13-6-5-12(9-15-13)17(18)19/h5-6,9,11,14H,2-4,7-8,10H2,1H3. The summed E-state index contributed by atoms with van der Waals surface area (Å²) in [4.78, 5) is 16.6. The summed E-state index contributed by atoms with van der Waals surface area (Å²) in [6.45, 7) is 5.04. The molecule has 1 aliphatic rings. The topological polar surface area (TPSA) is 71.3 Å². The molecule has 1 saturated heterocycles. The Morgan fingerprint density at radius 2 is 2.42 bits per heavy atom. The number of rotatable bonds is 6. The van der Waals surface area contributed by atoms with E-state index in [1.54, 1.807) is 6.07 Å². The van der Waals surface area contributed by atoms with Crippen LogP contribution in [-0.2, 0) is 0 Å². The second-order valence-corrected chi connectivity index (χ2v) is 4.87. The molecule has 2 rings (SSSR count). The first kappa shape index (κ1) is 13.7. The number of hydrogen-bond acceptors (Lipinski definition) is 5. The van der Waals surface area contributed by atoms with Crippen LogP contribution in [0.15, 0.2) is 18.3 Å². The summed E-state index contributed by atoms with van der Waals surface area (Å²) in [6.07, 6.45) is 4.77. The van der Waals surface area contributed by atoms with E-state index in [0.29, 0.717) is 6.04 Å². The van der Waals surface area contributed by atoms with Crippen LogP contribution in [0.2, 0.25) is 0 Å². The zero-order valence-corrected chi connectivity index (χ0v) is 11.2. The number of aromatic nitrogens is 1. The Morgan fingerprint density at radius 3 is 2.95 bits per heavy atom. The van der Waals surface area contributed by atoms with Gasteiger partial charge in [0.05, 0.1) is 4.92 Å². The molecule has 19 heavy (non-hydrogen) atoms. The molecule has 1 fully saturated rings. The van der Waals surface area contributed by atoms with Gasteiger partial charge in [0.25, 0.3) is 5.69 Å². The van der Waals surface area contributed by atoms with Gasteiger partial charge in [-0.3, -0.25) is 10.1 Å². The van der Waals surface area contributed by atoms with Gasteiger partial charge < -0.3 is 10.2 Å². The van der Waals surface area contributed by atoms with Crippen LogP contribution in [0.3, 0.4) is 0 Å². The van der Waals surface area contributed by atoms with Crippen molar-refractivity contribution in [2.24, 2.45) is 0 Å². The van der Waals surface area contributed by atoms with Crippen molar-refractivity contribution in [3.63, 3.8) is 0 Å². The first-order valence-electron chi connectivity index (χ1n) is 6.79. The summed E-state index contributed by atoms with van der Waals surface area (Å²) in [5.74, 6) is 0.821. The maximum absolute atomic E-state index is 10.6. The predicted molar refractivity (Wildman–Crippen MR) is 74.4 cm³/mol. The van der Waals surface area contributed by atoms with E-state index in [4.69, 9.17) is 0 Å². The Labute approximate surface area is 113 Å². The first-order chi connectivity index (χ1) is 9.20. The van der Waals surface area contributed by atoms with E-state index in [-0.39, 0.29) is 5.69 Å². The lowest BCUT2D eigenvalue weighted by molar-refractivity contribution is -0.385. The zero-order chi connectivity index (χ0) is 13.7. The molecule has 0 amide bonds. The predicted octanol–water partition coefficient (Wildman–Crippen LogP) is 1.96. The molecule has 1 aromatic rings. The Morgan fingerprint density at radius 1 is 1.58 bits per heavy atom. The molecular weight excluding hydrogens is 244 g/mol. The summed E-state index contributed by atoms with van der Waals surface area (Å²) in [6, 6.07) is 3.76. The summed E-state index contributed by atoms with van der Waals surface area (Å²) in [7, 11) is 0. The lowest BCUT2D eigenvalue weighted by Gasteiger charge is -2.26. The minimum atomic E-state index is -0.417. The fourth-order valence-corrected chi connectivity index (χ4v) is 2.42. The van der Waals surface area contributed by atoms with Gasteiger partial charge in [0.2, 0.25) is 0 Å². The van der Waals surface area contributed by atoms with E-state index in [9.17, 15) is 10.1 Å². The summed E-state index contributed by atoms with van der Waals surface area (Å²) < 4.78 is 0. The second-order valence-electron chi connectivity index (χ2n) is 4.87. The molecule has 1 unspecified atom stereocenters. The highest BCUT2D eigenvalue weighted by Crippen LogP contribution is 2.18. The van der Waals surface area contributed by atoms with Crippen LogP contribution in [0.25, 0.3) is 0 Å². The van der Waals surface area contributed by atoms with Crippen molar-refractivity contribution in [2.75, 3.05) is 24.5 Å². The molecule has 0 saturated carbocycles. The van der Waals surface area contributed by atoms with Gasteiger partial charge >= 0.3 is 0 Å². The van der Waals surface area contributed by atoms with Crippen molar-refractivity contribution in [3.05, 3.63) is 28.4 Å². The Hall–Kier alpha value is -1.69. The average molecular weight is 264 g/mol. The summed E-state index contributed by atoms with van der Waals surface area (Å²) >= 11 is 0. The van der Waals surface area contributed by atoms with Gasteiger partial charge in [-0.15, -0.1) is 0 Å². The smallest absolute Gasteiger partial charge is 0.287 e. The van der Waals surface area contributed by atoms with Crippen molar-refractivity contribution in [1.82, 2.24) is 10.3 Å². The maximum Gasteiger partial charge on any atom is 0.287 e. The van der Waals surface area contributed by atoms with E-state index in [2.05, 4.69) is 22.1 Å². The molecule has 1 aromatic heterocycles. The maximum atomic E-state index is 10.6. The highest BCUT2D eigenvalue weighted by molar-refractivity contribution is 5.43. The first-order valence-corrected chi connectivity index (χ1v) is 6.79. The van der Waals surface area contributed by atoms with Crippen LogP contribution < -0.4 is 10.2 Å². The Kier molecular flexibility index (Phi) is 4.68. The largest absolute Gasteiger partial charge is 0.355 e. The minimum absolute atomic E-state index is 0.0409. The van der Waals surface area contributed by atoms with Crippen LogP contribution in [0, 0.1) is 10.1 Å². The van der Waals surface area contributed by atoms with Gasteiger partial charge in [0, 0.05) is 25.2 Å². The summed E-state index contributed by atoms with van der Waals surface area (Å²) in [5, 5.41) is 14.1. The van der Waals surface area contributed by atoms with Gasteiger partial charge in [-0.05, 0) is 31.9 Å². The third-order valence-corrected chi connectivity index (χ3v) is 3.36. The summed E-state index contributed by atoms with van der Waals surface area (Å²) in [5.41, 5.74) is 0.0409. The van der Waals surface area contributed by atoms with E-state index in [1.165, 1.54) is 25.1 Å². The monoisotopic (exact) mass is 264 g/mol. The molecule has 0 bridgehead atoms. The van der Waals surface area contributed by atoms with Gasteiger partial charge in [-0.1, -0.05) is 6.92 Å². The van der Waals surface area contributed by atoms with Gasteiger partial charge in [0.1, 0.15) is 12.0 Å². The Balaban J connectivity index is 2.06. The molecule has 2 heterocycles. The van der Waals surface area contributed by atoms with E-state index >= 15 is 0 Å². The van der Waals surface area contributed by atoms with Crippen LogP contribution >= 0.6 is 0 Å². The third-order valence-electron chi connectivity index (χ3n) is 3.36. The highest BCUT2D eigenvalue weighted by atomic mass is 16.6. The molecule has 0 spiro atoms. The average Bonchev–Trinajstić information content (AvgIpc) is 2.91. The SMILES string of the molecule is CCCN(CC1CCCN1)c1ccc([N+](=O)[O-])cn1.